The Morgan fingerprint density at radius 2 is 2.24 bits per heavy atom. The predicted molar refractivity (Wildman–Crippen MR) is 58.0 cm³/mol. The highest BCUT2D eigenvalue weighted by Gasteiger charge is 2.33. The fourth-order valence-corrected chi connectivity index (χ4v) is 1.16. The van der Waals surface area contributed by atoms with E-state index < -0.39 is 23.4 Å². The van der Waals surface area contributed by atoms with Crippen molar-refractivity contribution in [3.8, 4) is 0 Å². The van der Waals surface area contributed by atoms with Gasteiger partial charge >= 0.3 is 5.97 Å². The van der Waals surface area contributed by atoms with E-state index >= 15 is 0 Å². The topological polar surface area (TPSA) is 79.3 Å². The molecule has 0 saturated heterocycles. The van der Waals surface area contributed by atoms with Gasteiger partial charge in [0.05, 0.1) is 0 Å². The number of aromatic nitrogens is 1. The average molecular weight is 240 g/mol. The second kappa shape index (κ2) is 4.90. The minimum Gasteiger partial charge on any atom is -0.480 e. The van der Waals surface area contributed by atoms with Gasteiger partial charge in [0, 0.05) is 17.8 Å². The van der Waals surface area contributed by atoms with Gasteiger partial charge in [-0.2, -0.15) is 4.39 Å². The Kier molecular flexibility index (Phi) is 3.77. The van der Waals surface area contributed by atoms with Crippen molar-refractivity contribution in [1.29, 1.82) is 0 Å². The van der Waals surface area contributed by atoms with Crippen LogP contribution in [0.5, 0.6) is 0 Å². The highest BCUT2D eigenvalue weighted by molar-refractivity contribution is 5.97. The number of rotatable bonds is 4. The number of hydrogen-bond donors (Lipinski definition) is 2. The van der Waals surface area contributed by atoms with Crippen LogP contribution in [0.25, 0.3) is 0 Å². The molecule has 17 heavy (non-hydrogen) atoms. The Bertz CT molecular complexity index is 450. The summed E-state index contributed by atoms with van der Waals surface area (Å²) in [6.45, 7) is 3.03. The first-order chi connectivity index (χ1) is 7.89. The molecule has 1 amide bonds. The molecule has 1 unspecified atom stereocenters. The van der Waals surface area contributed by atoms with Gasteiger partial charge < -0.3 is 10.4 Å². The van der Waals surface area contributed by atoms with Crippen LogP contribution in [0, 0.1) is 5.95 Å². The number of carbonyl (C=O) groups is 2. The number of nitrogens with zero attached hydrogens (tertiary/aromatic N) is 1. The number of pyridine rings is 1. The van der Waals surface area contributed by atoms with Crippen molar-refractivity contribution in [2.45, 2.75) is 25.8 Å². The molecule has 0 aliphatic carbocycles. The molecule has 5 nitrogen and oxygen atoms in total. The molecule has 0 radical (unpaired) electrons. The second-order valence-electron chi connectivity index (χ2n) is 3.81. The molecule has 0 fully saturated rings. The van der Waals surface area contributed by atoms with E-state index in [1.165, 1.54) is 13.0 Å². The maximum absolute atomic E-state index is 12.8. The van der Waals surface area contributed by atoms with E-state index in [-0.39, 0.29) is 12.0 Å². The fourth-order valence-electron chi connectivity index (χ4n) is 1.16. The molecule has 6 heteroatoms. The van der Waals surface area contributed by atoms with Crippen molar-refractivity contribution in [2.24, 2.45) is 0 Å². The molecule has 0 spiro atoms. The number of carboxylic acids is 1. The van der Waals surface area contributed by atoms with Crippen LogP contribution in [-0.2, 0) is 4.79 Å². The Labute approximate surface area is 97.7 Å². The molecule has 0 aromatic carbocycles. The standard InChI is InChI=1S/C11H13FN2O3/c1-3-11(2,10(16)17)14-9(15)7-4-5-13-8(12)6-7/h4-6H,3H2,1-2H3,(H,14,15)(H,16,17). The van der Waals surface area contributed by atoms with Gasteiger partial charge in [-0.1, -0.05) is 6.92 Å². The largest absolute Gasteiger partial charge is 0.480 e. The third kappa shape index (κ3) is 2.99. The fraction of sp³-hybridized carbons (Fsp3) is 0.364. The molecule has 0 saturated carbocycles. The minimum atomic E-state index is -1.36. The van der Waals surface area contributed by atoms with E-state index in [1.54, 1.807) is 6.92 Å². The first-order valence-electron chi connectivity index (χ1n) is 5.06. The maximum Gasteiger partial charge on any atom is 0.329 e. The van der Waals surface area contributed by atoms with E-state index in [2.05, 4.69) is 10.3 Å². The van der Waals surface area contributed by atoms with Gasteiger partial charge in [0.2, 0.25) is 5.95 Å². The lowest BCUT2D eigenvalue weighted by Gasteiger charge is -2.24. The normalized spacial score (nSPS) is 13.8. The van der Waals surface area contributed by atoms with Gasteiger partial charge in [0.1, 0.15) is 5.54 Å². The van der Waals surface area contributed by atoms with Crippen LogP contribution < -0.4 is 5.32 Å². The Morgan fingerprint density at radius 3 is 2.71 bits per heavy atom. The van der Waals surface area contributed by atoms with Crippen LogP contribution in [0.4, 0.5) is 4.39 Å². The third-order valence-corrected chi connectivity index (χ3v) is 2.56. The molecule has 1 aromatic heterocycles. The lowest BCUT2D eigenvalue weighted by Crippen LogP contribution is -2.51. The van der Waals surface area contributed by atoms with Crippen LogP contribution in [-0.4, -0.2) is 27.5 Å². The van der Waals surface area contributed by atoms with Crippen LogP contribution >= 0.6 is 0 Å². The lowest BCUT2D eigenvalue weighted by atomic mass is 9.98. The van der Waals surface area contributed by atoms with Crippen molar-refractivity contribution < 1.29 is 19.1 Å². The van der Waals surface area contributed by atoms with E-state index in [0.29, 0.717) is 0 Å². The first-order valence-corrected chi connectivity index (χ1v) is 5.06. The van der Waals surface area contributed by atoms with Crippen LogP contribution in [0.3, 0.4) is 0 Å². The molecule has 1 rings (SSSR count). The van der Waals surface area contributed by atoms with Crippen molar-refractivity contribution in [3.05, 3.63) is 29.8 Å². The number of carboxylic acid groups (broad SMARTS) is 1. The lowest BCUT2D eigenvalue weighted by molar-refractivity contribution is -0.143. The summed E-state index contributed by atoms with van der Waals surface area (Å²) in [6, 6.07) is 2.27. The van der Waals surface area contributed by atoms with Gasteiger partial charge in [0.15, 0.2) is 0 Å². The van der Waals surface area contributed by atoms with E-state index in [0.717, 1.165) is 12.3 Å². The van der Waals surface area contributed by atoms with Crippen molar-refractivity contribution in [2.75, 3.05) is 0 Å². The molecule has 0 aliphatic heterocycles. The monoisotopic (exact) mass is 240 g/mol. The van der Waals surface area contributed by atoms with Crippen molar-refractivity contribution in [1.82, 2.24) is 10.3 Å². The summed E-state index contributed by atoms with van der Waals surface area (Å²) >= 11 is 0. The third-order valence-electron chi connectivity index (χ3n) is 2.56. The number of halogens is 1. The summed E-state index contributed by atoms with van der Waals surface area (Å²) in [5, 5.41) is 11.3. The first kappa shape index (κ1) is 13.1. The summed E-state index contributed by atoms with van der Waals surface area (Å²) in [7, 11) is 0. The summed E-state index contributed by atoms with van der Waals surface area (Å²) in [4.78, 5) is 26.0. The molecule has 1 heterocycles. The zero-order valence-corrected chi connectivity index (χ0v) is 9.53. The average Bonchev–Trinajstić information content (AvgIpc) is 2.28. The smallest absolute Gasteiger partial charge is 0.329 e. The number of amides is 1. The highest BCUT2D eigenvalue weighted by atomic mass is 19.1. The molecule has 0 aliphatic rings. The zero-order valence-electron chi connectivity index (χ0n) is 9.53. The van der Waals surface area contributed by atoms with Gasteiger partial charge in [0.25, 0.3) is 5.91 Å². The molecule has 2 N–H and O–H groups in total. The van der Waals surface area contributed by atoms with Gasteiger partial charge in [-0.3, -0.25) is 4.79 Å². The number of hydrogen-bond acceptors (Lipinski definition) is 3. The minimum absolute atomic E-state index is 0.0402. The highest BCUT2D eigenvalue weighted by Crippen LogP contribution is 2.11. The van der Waals surface area contributed by atoms with E-state index in [1.807, 2.05) is 0 Å². The SMILES string of the molecule is CCC(C)(NC(=O)c1ccnc(F)c1)C(=O)O. The number of carbonyl (C=O) groups excluding carboxylic acids is 1. The maximum atomic E-state index is 12.8. The molecule has 1 aromatic rings. The number of nitrogens with one attached hydrogen (secondary N) is 1. The molecule has 92 valence electrons. The summed E-state index contributed by atoms with van der Waals surface area (Å²) in [6.07, 6.45) is 1.37. The molecular formula is C11H13FN2O3. The molecule has 0 bridgehead atoms. The molecular weight excluding hydrogens is 227 g/mol. The van der Waals surface area contributed by atoms with Gasteiger partial charge in [-0.15, -0.1) is 0 Å². The van der Waals surface area contributed by atoms with Crippen LogP contribution in [0.2, 0.25) is 0 Å². The van der Waals surface area contributed by atoms with E-state index in [4.69, 9.17) is 5.11 Å². The Hall–Kier alpha value is -1.98. The van der Waals surface area contributed by atoms with E-state index in [9.17, 15) is 14.0 Å². The van der Waals surface area contributed by atoms with Crippen molar-refractivity contribution >= 4 is 11.9 Å². The second-order valence-corrected chi connectivity index (χ2v) is 3.81. The van der Waals surface area contributed by atoms with Gasteiger partial charge in [-0.25, -0.2) is 9.78 Å². The Balaban J connectivity index is 2.89. The summed E-state index contributed by atoms with van der Waals surface area (Å²) in [5.74, 6) is -2.56. The van der Waals surface area contributed by atoms with Crippen LogP contribution in [0.15, 0.2) is 18.3 Å². The Morgan fingerprint density at radius 1 is 1.59 bits per heavy atom. The number of aliphatic carboxylic acids is 1. The predicted octanol–water partition coefficient (Wildman–Crippen LogP) is 1.20. The van der Waals surface area contributed by atoms with Crippen molar-refractivity contribution in [3.63, 3.8) is 0 Å². The van der Waals surface area contributed by atoms with Gasteiger partial charge in [-0.05, 0) is 19.4 Å². The zero-order chi connectivity index (χ0) is 13.1. The summed E-state index contributed by atoms with van der Waals surface area (Å²) < 4.78 is 12.8. The quantitative estimate of drug-likeness (QED) is 0.775. The van der Waals surface area contributed by atoms with Crippen LogP contribution in [0.1, 0.15) is 30.6 Å². The molecule has 1 atom stereocenters. The summed E-state index contributed by atoms with van der Waals surface area (Å²) in [5.41, 5.74) is -1.32.